The highest BCUT2D eigenvalue weighted by atomic mass is 16.1. The van der Waals surface area contributed by atoms with Crippen LogP contribution in [0, 0.1) is 11.3 Å². The molecule has 0 aromatic carbocycles. The number of rotatable bonds is 8. The van der Waals surface area contributed by atoms with E-state index in [0.717, 1.165) is 25.9 Å². The number of Topliss-reactive ketones (excluding diaryl/α,β-unsaturated/α-hetero) is 1. The number of hydrogen-bond donors (Lipinski definition) is 1. The Labute approximate surface area is 94.8 Å². The van der Waals surface area contributed by atoms with Gasteiger partial charge in [-0.25, -0.2) is 0 Å². The van der Waals surface area contributed by atoms with Gasteiger partial charge in [-0.05, 0) is 31.8 Å². The molecule has 0 radical (unpaired) electrons. The molecule has 90 valence electrons. The Hall–Kier alpha value is -0.370. The summed E-state index contributed by atoms with van der Waals surface area (Å²) in [5.74, 6) is 1.09. The standard InChI is InChI=1S/C13H27NO/c1-6-13(4,5)12(15)8-7-9-14-10-11(2)3/h11,14H,6-10H2,1-5H3. The lowest BCUT2D eigenvalue weighted by Gasteiger charge is -2.20. The largest absolute Gasteiger partial charge is 0.316 e. The van der Waals surface area contributed by atoms with Crippen LogP contribution in [0.2, 0.25) is 0 Å². The molecule has 0 aromatic heterocycles. The second kappa shape index (κ2) is 7.00. The highest BCUT2D eigenvalue weighted by Gasteiger charge is 2.23. The zero-order chi connectivity index (χ0) is 11.9. The van der Waals surface area contributed by atoms with E-state index in [1.54, 1.807) is 0 Å². The van der Waals surface area contributed by atoms with E-state index in [-0.39, 0.29) is 5.41 Å². The Kier molecular flexibility index (Phi) is 6.82. The maximum atomic E-state index is 11.8. The van der Waals surface area contributed by atoms with Crippen LogP contribution in [0.1, 0.15) is 53.9 Å². The number of carbonyl (C=O) groups is 1. The van der Waals surface area contributed by atoms with Crippen LogP contribution in [0.4, 0.5) is 0 Å². The van der Waals surface area contributed by atoms with Gasteiger partial charge in [-0.3, -0.25) is 4.79 Å². The summed E-state index contributed by atoms with van der Waals surface area (Å²) in [6, 6.07) is 0. The lowest BCUT2D eigenvalue weighted by Crippen LogP contribution is -2.25. The molecule has 1 N–H and O–H groups in total. The third-order valence-electron chi connectivity index (χ3n) is 2.95. The van der Waals surface area contributed by atoms with Crippen LogP contribution in [0.15, 0.2) is 0 Å². The molecule has 0 aliphatic rings. The minimum absolute atomic E-state index is 0.127. The molecule has 0 rings (SSSR count). The quantitative estimate of drug-likeness (QED) is 0.628. The van der Waals surface area contributed by atoms with E-state index in [1.807, 2.05) is 13.8 Å². The number of nitrogens with one attached hydrogen (secondary N) is 1. The van der Waals surface area contributed by atoms with E-state index in [9.17, 15) is 4.79 Å². The maximum absolute atomic E-state index is 11.8. The molecule has 0 aliphatic carbocycles. The van der Waals surface area contributed by atoms with Gasteiger partial charge < -0.3 is 5.32 Å². The van der Waals surface area contributed by atoms with Gasteiger partial charge in [0.25, 0.3) is 0 Å². The third kappa shape index (κ3) is 6.67. The molecule has 0 amide bonds. The molecular weight excluding hydrogens is 186 g/mol. The summed E-state index contributed by atoms with van der Waals surface area (Å²) < 4.78 is 0. The molecule has 2 nitrogen and oxygen atoms in total. The molecule has 2 heteroatoms. The van der Waals surface area contributed by atoms with Gasteiger partial charge in [0, 0.05) is 11.8 Å². The van der Waals surface area contributed by atoms with E-state index in [0.29, 0.717) is 18.1 Å². The average Bonchev–Trinajstić information content (AvgIpc) is 2.16. The van der Waals surface area contributed by atoms with Crippen molar-refractivity contribution in [2.45, 2.75) is 53.9 Å². The summed E-state index contributed by atoms with van der Waals surface area (Å²) in [6.07, 6.45) is 2.62. The minimum atomic E-state index is -0.127. The maximum Gasteiger partial charge on any atom is 0.138 e. The molecule has 0 aromatic rings. The van der Waals surface area contributed by atoms with E-state index in [4.69, 9.17) is 0 Å². The van der Waals surface area contributed by atoms with Gasteiger partial charge in [0.2, 0.25) is 0 Å². The molecule has 0 heterocycles. The van der Waals surface area contributed by atoms with Gasteiger partial charge >= 0.3 is 0 Å². The van der Waals surface area contributed by atoms with Crippen molar-refractivity contribution < 1.29 is 4.79 Å². The van der Waals surface area contributed by atoms with Crippen molar-refractivity contribution in [1.29, 1.82) is 0 Å². The first-order chi connectivity index (χ1) is 6.90. The topological polar surface area (TPSA) is 29.1 Å². The summed E-state index contributed by atoms with van der Waals surface area (Å²) in [5.41, 5.74) is -0.127. The van der Waals surface area contributed by atoms with Crippen LogP contribution in [-0.2, 0) is 4.79 Å². The lowest BCUT2D eigenvalue weighted by molar-refractivity contribution is -0.127. The minimum Gasteiger partial charge on any atom is -0.316 e. The van der Waals surface area contributed by atoms with Gasteiger partial charge in [0.15, 0.2) is 0 Å². The molecule has 0 bridgehead atoms. The first-order valence-corrected chi connectivity index (χ1v) is 6.14. The second-order valence-corrected chi connectivity index (χ2v) is 5.36. The fourth-order valence-corrected chi connectivity index (χ4v) is 1.30. The van der Waals surface area contributed by atoms with Crippen molar-refractivity contribution in [1.82, 2.24) is 5.32 Å². The molecule has 0 saturated carbocycles. The number of hydrogen-bond acceptors (Lipinski definition) is 2. The van der Waals surface area contributed by atoms with Crippen LogP contribution in [0.3, 0.4) is 0 Å². The van der Waals surface area contributed by atoms with Crippen molar-refractivity contribution in [2.24, 2.45) is 11.3 Å². The Morgan fingerprint density at radius 2 is 1.93 bits per heavy atom. The predicted octanol–water partition coefficient (Wildman–Crippen LogP) is 3.02. The normalized spacial score (nSPS) is 12.1. The summed E-state index contributed by atoms with van der Waals surface area (Å²) in [6.45, 7) is 12.6. The summed E-state index contributed by atoms with van der Waals surface area (Å²) in [5, 5.41) is 3.36. The summed E-state index contributed by atoms with van der Waals surface area (Å²) >= 11 is 0. The van der Waals surface area contributed by atoms with Crippen molar-refractivity contribution in [2.75, 3.05) is 13.1 Å². The Balaban J connectivity index is 3.56. The van der Waals surface area contributed by atoms with Crippen molar-refractivity contribution in [3.8, 4) is 0 Å². The molecule has 0 unspecified atom stereocenters. The first kappa shape index (κ1) is 14.6. The zero-order valence-corrected chi connectivity index (χ0v) is 11.0. The molecule has 0 fully saturated rings. The smallest absolute Gasteiger partial charge is 0.138 e. The number of carbonyl (C=O) groups excluding carboxylic acids is 1. The van der Waals surface area contributed by atoms with E-state index >= 15 is 0 Å². The zero-order valence-electron chi connectivity index (χ0n) is 11.0. The molecular formula is C13H27NO. The van der Waals surface area contributed by atoms with Crippen LogP contribution >= 0.6 is 0 Å². The molecule has 0 atom stereocenters. The Morgan fingerprint density at radius 1 is 1.33 bits per heavy atom. The fraction of sp³-hybridized carbons (Fsp3) is 0.923. The fourth-order valence-electron chi connectivity index (χ4n) is 1.30. The van der Waals surface area contributed by atoms with Crippen LogP contribution < -0.4 is 5.32 Å². The third-order valence-corrected chi connectivity index (χ3v) is 2.95. The van der Waals surface area contributed by atoms with E-state index in [1.165, 1.54) is 0 Å². The number of ketones is 1. The van der Waals surface area contributed by atoms with E-state index < -0.39 is 0 Å². The second-order valence-electron chi connectivity index (χ2n) is 5.36. The molecule has 0 spiro atoms. The van der Waals surface area contributed by atoms with Crippen molar-refractivity contribution >= 4 is 5.78 Å². The highest BCUT2D eigenvalue weighted by molar-refractivity contribution is 5.83. The van der Waals surface area contributed by atoms with Gasteiger partial charge in [0.1, 0.15) is 5.78 Å². The van der Waals surface area contributed by atoms with Gasteiger partial charge in [-0.1, -0.05) is 34.6 Å². The summed E-state index contributed by atoms with van der Waals surface area (Å²) in [4.78, 5) is 11.8. The van der Waals surface area contributed by atoms with E-state index in [2.05, 4.69) is 26.1 Å². The monoisotopic (exact) mass is 213 g/mol. The van der Waals surface area contributed by atoms with Crippen LogP contribution in [0.25, 0.3) is 0 Å². The summed E-state index contributed by atoms with van der Waals surface area (Å²) in [7, 11) is 0. The van der Waals surface area contributed by atoms with Crippen LogP contribution in [0.5, 0.6) is 0 Å². The van der Waals surface area contributed by atoms with Crippen LogP contribution in [-0.4, -0.2) is 18.9 Å². The van der Waals surface area contributed by atoms with Crippen molar-refractivity contribution in [3.05, 3.63) is 0 Å². The average molecular weight is 213 g/mol. The van der Waals surface area contributed by atoms with Gasteiger partial charge in [0.05, 0.1) is 0 Å². The molecule has 15 heavy (non-hydrogen) atoms. The first-order valence-electron chi connectivity index (χ1n) is 6.14. The SMILES string of the molecule is CCC(C)(C)C(=O)CCCNCC(C)C. The molecule has 0 aliphatic heterocycles. The lowest BCUT2D eigenvalue weighted by atomic mass is 9.83. The molecule has 0 saturated heterocycles. The predicted molar refractivity (Wildman–Crippen MR) is 66.0 cm³/mol. The van der Waals surface area contributed by atoms with Gasteiger partial charge in [-0.15, -0.1) is 0 Å². The Bertz CT molecular complexity index is 185. The van der Waals surface area contributed by atoms with Crippen molar-refractivity contribution in [3.63, 3.8) is 0 Å². The highest BCUT2D eigenvalue weighted by Crippen LogP contribution is 2.22. The Morgan fingerprint density at radius 3 is 2.40 bits per heavy atom. The van der Waals surface area contributed by atoms with Gasteiger partial charge in [-0.2, -0.15) is 0 Å².